The maximum absolute atomic E-state index is 12.5. The van der Waals surface area contributed by atoms with Crippen LogP contribution in [-0.2, 0) is 27.9 Å². The van der Waals surface area contributed by atoms with Crippen LogP contribution >= 0.6 is 0 Å². The third-order valence-electron chi connectivity index (χ3n) is 5.05. The molecule has 1 aromatic rings. The Labute approximate surface area is 149 Å². The molecule has 1 amide bonds. The van der Waals surface area contributed by atoms with Crippen LogP contribution < -0.4 is 0 Å². The number of aryl methyl sites for hydroxylation is 1. The second-order valence-corrected chi connectivity index (χ2v) is 7.49. The maximum atomic E-state index is 12.5. The number of hydrogen-bond acceptors (Lipinski definition) is 5. The molecule has 3 rings (SSSR count). The number of carbonyl (C=O) groups is 1. The summed E-state index contributed by atoms with van der Waals surface area (Å²) in [6.07, 6.45) is 4.00. The van der Waals surface area contributed by atoms with Crippen LogP contribution in [0.5, 0.6) is 0 Å². The first-order valence-corrected chi connectivity index (χ1v) is 9.12. The lowest BCUT2D eigenvalue weighted by Gasteiger charge is -2.34. The van der Waals surface area contributed by atoms with Crippen LogP contribution in [0.3, 0.4) is 0 Å². The Balaban J connectivity index is 1.61. The summed E-state index contributed by atoms with van der Waals surface area (Å²) in [5, 5.41) is 0. The summed E-state index contributed by atoms with van der Waals surface area (Å²) in [5.74, 6) is 0.924. The Morgan fingerprint density at radius 2 is 2.12 bits per heavy atom. The molecule has 0 saturated carbocycles. The fourth-order valence-electron chi connectivity index (χ4n) is 3.71. The van der Waals surface area contributed by atoms with Gasteiger partial charge < -0.3 is 23.8 Å². The fourth-order valence-corrected chi connectivity index (χ4v) is 3.71. The molecule has 2 aliphatic rings. The molecule has 3 heterocycles. The molecule has 1 aromatic heterocycles. The molecular formula is C18H30N4O3. The smallest absolute Gasteiger partial charge is 0.237 e. The van der Waals surface area contributed by atoms with E-state index < -0.39 is 0 Å². The molecule has 0 aromatic carbocycles. The zero-order chi connectivity index (χ0) is 17.8. The Morgan fingerprint density at radius 1 is 1.36 bits per heavy atom. The first kappa shape index (κ1) is 18.4. The van der Waals surface area contributed by atoms with Gasteiger partial charge in [0.25, 0.3) is 0 Å². The molecule has 7 nitrogen and oxygen atoms in total. The highest BCUT2D eigenvalue weighted by molar-refractivity contribution is 5.78. The van der Waals surface area contributed by atoms with E-state index >= 15 is 0 Å². The summed E-state index contributed by atoms with van der Waals surface area (Å²) in [6.45, 7) is 4.82. The van der Waals surface area contributed by atoms with Crippen LogP contribution in [0.2, 0.25) is 0 Å². The Kier molecular flexibility index (Phi) is 6.09. The number of carbonyl (C=O) groups excluding carboxylic acids is 1. The summed E-state index contributed by atoms with van der Waals surface area (Å²) < 4.78 is 13.5. The van der Waals surface area contributed by atoms with Gasteiger partial charge in [-0.3, -0.25) is 4.79 Å². The Morgan fingerprint density at radius 3 is 2.84 bits per heavy atom. The van der Waals surface area contributed by atoms with E-state index in [9.17, 15) is 4.79 Å². The van der Waals surface area contributed by atoms with Crippen molar-refractivity contribution in [3.8, 4) is 0 Å². The van der Waals surface area contributed by atoms with Crippen molar-refractivity contribution in [1.82, 2.24) is 19.4 Å². The topological polar surface area (TPSA) is 59.8 Å². The third-order valence-corrected chi connectivity index (χ3v) is 5.05. The van der Waals surface area contributed by atoms with Gasteiger partial charge in [-0.15, -0.1) is 0 Å². The molecular weight excluding hydrogens is 320 g/mol. The molecule has 7 heteroatoms. The van der Waals surface area contributed by atoms with Crippen LogP contribution in [0, 0.1) is 5.92 Å². The number of nitrogens with zero attached hydrogens (tertiary/aromatic N) is 4. The minimum atomic E-state index is 0.149. The second-order valence-electron chi connectivity index (χ2n) is 7.49. The van der Waals surface area contributed by atoms with Gasteiger partial charge in [-0.2, -0.15) is 0 Å². The summed E-state index contributed by atoms with van der Waals surface area (Å²) in [4.78, 5) is 20.8. The minimum absolute atomic E-state index is 0.149. The van der Waals surface area contributed by atoms with Crippen molar-refractivity contribution >= 4 is 5.91 Å². The molecule has 1 fully saturated rings. The van der Waals surface area contributed by atoms with Crippen molar-refractivity contribution in [3.05, 3.63) is 17.7 Å². The van der Waals surface area contributed by atoms with Gasteiger partial charge in [-0.25, -0.2) is 4.98 Å². The van der Waals surface area contributed by atoms with Gasteiger partial charge >= 0.3 is 0 Å². The first-order valence-electron chi connectivity index (χ1n) is 9.12. The number of aromatic nitrogens is 2. The third kappa shape index (κ3) is 4.59. The van der Waals surface area contributed by atoms with Gasteiger partial charge in [0, 0.05) is 45.0 Å². The predicted octanol–water partition coefficient (Wildman–Crippen LogP) is 0.851. The summed E-state index contributed by atoms with van der Waals surface area (Å²) in [7, 11) is 5.86. The molecule has 0 aliphatic carbocycles. The highest BCUT2D eigenvalue weighted by atomic mass is 16.5. The number of fused-ring (bicyclic) bond motifs is 1. The zero-order valence-electron chi connectivity index (χ0n) is 15.6. The van der Waals surface area contributed by atoms with E-state index in [2.05, 4.69) is 9.55 Å². The second kappa shape index (κ2) is 8.29. The summed E-state index contributed by atoms with van der Waals surface area (Å²) in [6, 6.07) is 0. The lowest BCUT2D eigenvalue weighted by Crippen LogP contribution is -2.43. The van der Waals surface area contributed by atoms with Crippen LogP contribution in [0.15, 0.2) is 6.33 Å². The Hall–Kier alpha value is -1.44. The lowest BCUT2D eigenvalue weighted by molar-refractivity contribution is -0.133. The van der Waals surface area contributed by atoms with Crippen molar-refractivity contribution in [2.75, 3.05) is 53.6 Å². The number of likely N-dealkylation sites (N-methyl/N-ethyl adjacent to an activating group) is 1. The van der Waals surface area contributed by atoms with Gasteiger partial charge in [0.1, 0.15) is 0 Å². The number of imidazole rings is 1. The highest BCUT2D eigenvalue weighted by Gasteiger charge is 2.31. The van der Waals surface area contributed by atoms with Crippen molar-refractivity contribution in [2.45, 2.75) is 25.3 Å². The normalized spacial score (nSPS) is 21.6. The first-order chi connectivity index (χ1) is 12.0. The quantitative estimate of drug-likeness (QED) is 0.761. The van der Waals surface area contributed by atoms with Crippen LogP contribution in [-0.4, -0.2) is 78.9 Å². The van der Waals surface area contributed by atoms with Crippen molar-refractivity contribution in [3.63, 3.8) is 0 Å². The van der Waals surface area contributed by atoms with E-state index in [4.69, 9.17) is 9.47 Å². The van der Waals surface area contributed by atoms with Crippen molar-refractivity contribution < 1.29 is 14.3 Å². The van der Waals surface area contributed by atoms with Gasteiger partial charge in [-0.1, -0.05) is 0 Å². The van der Waals surface area contributed by atoms with Crippen LogP contribution in [0.1, 0.15) is 30.1 Å². The van der Waals surface area contributed by atoms with E-state index in [0.717, 1.165) is 38.4 Å². The lowest BCUT2D eigenvalue weighted by atomic mass is 9.98. The Bertz CT molecular complexity index is 581. The van der Waals surface area contributed by atoms with Gasteiger partial charge in [-0.05, 0) is 32.9 Å². The molecule has 0 unspecified atom stereocenters. The zero-order valence-corrected chi connectivity index (χ0v) is 15.6. The molecule has 2 aliphatic heterocycles. The average Bonchev–Trinajstić information content (AvgIpc) is 2.96. The molecule has 0 N–H and O–H groups in total. The number of rotatable bonds is 6. The number of amides is 1. The standard InChI is InChI=1S/C18H30N4O3/c1-20(2)10-17(23)22-8-15(18-16(9-22)19-13-21(18)3)12-25-11-14-4-6-24-7-5-14/h13-15H,4-12H2,1-3H3/t15-/m0/s1. The maximum Gasteiger partial charge on any atom is 0.237 e. The van der Waals surface area contributed by atoms with E-state index in [1.807, 2.05) is 37.3 Å². The van der Waals surface area contributed by atoms with Crippen LogP contribution in [0.25, 0.3) is 0 Å². The molecule has 1 atom stereocenters. The molecule has 0 bridgehead atoms. The molecule has 0 radical (unpaired) electrons. The summed E-state index contributed by atoms with van der Waals surface area (Å²) in [5.41, 5.74) is 2.21. The molecule has 25 heavy (non-hydrogen) atoms. The van der Waals surface area contributed by atoms with Gasteiger partial charge in [0.15, 0.2) is 0 Å². The molecule has 1 saturated heterocycles. The number of hydrogen-bond donors (Lipinski definition) is 0. The molecule has 140 valence electrons. The van der Waals surface area contributed by atoms with Gasteiger partial charge in [0.05, 0.1) is 31.7 Å². The number of ether oxygens (including phenoxy) is 2. The monoisotopic (exact) mass is 350 g/mol. The van der Waals surface area contributed by atoms with E-state index in [0.29, 0.717) is 32.2 Å². The predicted molar refractivity (Wildman–Crippen MR) is 94.3 cm³/mol. The van der Waals surface area contributed by atoms with E-state index in [-0.39, 0.29) is 11.8 Å². The SMILES string of the molecule is CN(C)CC(=O)N1Cc2ncn(C)c2[C@H](COCC2CCOCC2)C1. The average molecular weight is 350 g/mol. The van der Waals surface area contributed by atoms with Crippen LogP contribution in [0.4, 0.5) is 0 Å². The molecule has 0 spiro atoms. The summed E-state index contributed by atoms with van der Waals surface area (Å²) >= 11 is 0. The fraction of sp³-hybridized carbons (Fsp3) is 0.778. The van der Waals surface area contributed by atoms with Crippen molar-refractivity contribution in [2.24, 2.45) is 13.0 Å². The minimum Gasteiger partial charge on any atom is -0.381 e. The van der Waals surface area contributed by atoms with Gasteiger partial charge in [0.2, 0.25) is 5.91 Å². The largest absolute Gasteiger partial charge is 0.381 e. The van der Waals surface area contributed by atoms with E-state index in [1.54, 1.807) is 0 Å². The van der Waals surface area contributed by atoms with E-state index in [1.165, 1.54) is 5.69 Å². The highest BCUT2D eigenvalue weighted by Crippen LogP contribution is 2.28. The van der Waals surface area contributed by atoms with Crippen molar-refractivity contribution in [1.29, 1.82) is 0 Å².